The van der Waals surface area contributed by atoms with Gasteiger partial charge in [0.05, 0.1) is 18.4 Å². The van der Waals surface area contributed by atoms with Crippen molar-refractivity contribution in [1.82, 2.24) is 0 Å². The van der Waals surface area contributed by atoms with Crippen LogP contribution in [0.2, 0.25) is 0 Å². The Morgan fingerprint density at radius 1 is 1.20 bits per heavy atom. The zero-order valence-electron chi connectivity index (χ0n) is 10.7. The van der Waals surface area contributed by atoms with Crippen LogP contribution in [-0.4, -0.2) is 18.6 Å². The van der Waals surface area contributed by atoms with E-state index < -0.39 is 17.4 Å². The highest BCUT2D eigenvalue weighted by atomic mass is 32.2. The molecule has 0 atom stereocenters. The number of hydrogen-bond acceptors (Lipinski definition) is 3. The van der Waals surface area contributed by atoms with Gasteiger partial charge in [-0.1, -0.05) is 12.1 Å². The summed E-state index contributed by atoms with van der Waals surface area (Å²) < 4.78 is 31.4. The van der Waals surface area contributed by atoms with E-state index in [1.54, 1.807) is 13.2 Å². The highest BCUT2D eigenvalue weighted by Crippen LogP contribution is 2.29. The third-order valence-corrected chi connectivity index (χ3v) is 3.71. The van der Waals surface area contributed by atoms with E-state index in [1.165, 1.54) is 11.8 Å². The van der Waals surface area contributed by atoms with Crippen LogP contribution in [0.3, 0.4) is 0 Å². The molecule has 20 heavy (non-hydrogen) atoms. The minimum Gasteiger partial charge on any atom is -0.496 e. The van der Waals surface area contributed by atoms with E-state index in [9.17, 15) is 13.6 Å². The van der Waals surface area contributed by atoms with E-state index in [1.807, 2.05) is 18.2 Å². The summed E-state index contributed by atoms with van der Waals surface area (Å²) in [6.07, 6.45) is 0. The number of rotatable bonds is 5. The molecule has 0 radical (unpaired) electrons. The quantitative estimate of drug-likeness (QED) is 0.617. The van der Waals surface area contributed by atoms with Crippen molar-refractivity contribution in [2.45, 2.75) is 4.90 Å². The third-order valence-electron chi connectivity index (χ3n) is 2.66. The Bertz CT molecular complexity index is 629. The number of thioether (sulfide) groups is 1. The van der Waals surface area contributed by atoms with Crippen LogP contribution in [0, 0.1) is 11.6 Å². The average molecular weight is 294 g/mol. The molecule has 0 N–H and O–H groups in total. The largest absolute Gasteiger partial charge is 0.496 e. The second kappa shape index (κ2) is 6.52. The fourth-order valence-corrected chi connectivity index (χ4v) is 2.59. The highest BCUT2D eigenvalue weighted by molar-refractivity contribution is 8.00. The number of ketones is 1. The predicted molar refractivity (Wildman–Crippen MR) is 74.4 cm³/mol. The zero-order chi connectivity index (χ0) is 14.5. The van der Waals surface area contributed by atoms with Gasteiger partial charge in [-0.3, -0.25) is 4.79 Å². The average Bonchev–Trinajstić information content (AvgIpc) is 2.45. The van der Waals surface area contributed by atoms with Gasteiger partial charge in [-0.2, -0.15) is 0 Å². The summed E-state index contributed by atoms with van der Waals surface area (Å²) in [7, 11) is 1.54. The number of halogens is 2. The molecule has 0 spiro atoms. The number of benzene rings is 2. The summed E-state index contributed by atoms with van der Waals surface area (Å²) in [6.45, 7) is 0. The minimum atomic E-state index is -0.837. The maximum atomic E-state index is 13.5. The minimum absolute atomic E-state index is 0.0585. The van der Waals surface area contributed by atoms with Gasteiger partial charge in [0.1, 0.15) is 17.4 Å². The van der Waals surface area contributed by atoms with Gasteiger partial charge in [-0.15, -0.1) is 11.8 Å². The molecule has 2 nitrogen and oxygen atoms in total. The number of carbonyl (C=O) groups is 1. The molecule has 0 aromatic heterocycles. The lowest BCUT2D eigenvalue weighted by Gasteiger charge is -2.07. The van der Waals surface area contributed by atoms with E-state index >= 15 is 0 Å². The molecule has 0 aliphatic heterocycles. The Morgan fingerprint density at radius 2 is 1.95 bits per heavy atom. The second-order valence-corrected chi connectivity index (χ2v) is 5.00. The fraction of sp³-hybridized carbons (Fsp3) is 0.133. The number of para-hydroxylation sites is 1. The standard InChI is InChI=1S/C15H12F2O2S/c1-19-14-4-2-3-5-15(14)20-9-13(18)11-7-6-10(16)8-12(11)17/h2-8H,9H2,1H3. The molecule has 0 unspecified atom stereocenters. The molecule has 2 aromatic carbocycles. The lowest BCUT2D eigenvalue weighted by Crippen LogP contribution is -2.05. The summed E-state index contributed by atoms with van der Waals surface area (Å²) in [6, 6.07) is 10.2. The van der Waals surface area contributed by atoms with Gasteiger partial charge < -0.3 is 4.74 Å². The number of methoxy groups -OCH3 is 1. The Kier molecular flexibility index (Phi) is 4.74. The van der Waals surface area contributed by atoms with E-state index in [0.717, 1.165) is 17.0 Å². The summed E-state index contributed by atoms with van der Waals surface area (Å²) in [5.41, 5.74) is -0.103. The Morgan fingerprint density at radius 3 is 2.65 bits per heavy atom. The first-order valence-corrected chi connectivity index (χ1v) is 6.84. The van der Waals surface area contributed by atoms with E-state index in [4.69, 9.17) is 4.74 Å². The normalized spacial score (nSPS) is 10.3. The molecule has 0 amide bonds. The van der Waals surface area contributed by atoms with Crippen LogP contribution in [0.25, 0.3) is 0 Å². The van der Waals surface area contributed by atoms with Gasteiger partial charge in [0.15, 0.2) is 5.78 Å². The lowest BCUT2D eigenvalue weighted by atomic mass is 10.1. The molecule has 0 bridgehead atoms. The Hall–Kier alpha value is -1.88. The first-order chi connectivity index (χ1) is 9.61. The van der Waals surface area contributed by atoms with Gasteiger partial charge in [-0.05, 0) is 24.3 Å². The van der Waals surface area contributed by atoms with Crippen LogP contribution in [-0.2, 0) is 0 Å². The van der Waals surface area contributed by atoms with Crippen LogP contribution in [0.4, 0.5) is 8.78 Å². The topological polar surface area (TPSA) is 26.3 Å². The molecule has 0 saturated heterocycles. The van der Waals surface area contributed by atoms with Crippen LogP contribution in [0.1, 0.15) is 10.4 Å². The molecule has 0 aliphatic carbocycles. The summed E-state index contributed by atoms with van der Waals surface area (Å²) in [5, 5.41) is 0. The van der Waals surface area contributed by atoms with Crippen molar-refractivity contribution in [3.8, 4) is 5.75 Å². The van der Waals surface area contributed by atoms with Crippen LogP contribution < -0.4 is 4.74 Å². The molecule has 0 saturated carbocycles. The van der Waals surface area contributed by atoms with Crippen molar-refractivity contribution in [3.63, 3.8) is 0 Å². The van der Waals surface area contributed by atoms with Crippen molar-refractivity contribution in [2.24, 2.45) is 0 Å². The summed E-state index contributed by atoms with van der Waals surface area (Å²) in [5.74, 6) is -1.21. The van der Waals surface area contributed by atoms with Gasteiger partial charge in [0.25, 0.3) is 0 Å². The Balaban J connectivity index is 2.09. The first kappa shape index (κ1) is 14.5. The molecule has 2 rings (SSSR count). The summed E-state index contributed by atoms with van der Waals surface area (Å²) in [4.78, 5) is 12.7. The molecular formula is C15H12F2O2S. The van der Waals surface area contributed by atoms with Gasteiger partial charge >= 0.3 is 0 Å². The van der Waals surface area contributed by atoms with Crippen molar-refractivity contribution in [1.29, 1.82) is 0 Å². The molecule has 0 heterocycles. The lowest BCUT2D eigenvalue weighted by molar-refractivity contribution is 0.101. The number of Topliss-reactive ketones (excluding diaryl/α,β-unsaturated/α-hetero) is 1. The maximum Gasteiger partial charge on any atom is 0.176 e. The predicted octanol–water partition coefficient (Wildman–Crippen LogP) is 3.95. The zero-order valence-corrected chi connectivity index (χ0v) is 11.5. The van der Waals surface area contributed by atoms with Crippen molar-refractivity contribution < 1.29 is 18.3 Å². The number of hydrogen-bond donors (Lipinski definition) is 0. The fourth-order valence-electron chi connectivity index (χ4n) is 1.67. The maximum absolute atomic E-state index is 13.5. The van der Waals surface area contributed by atoms with Crippen molar-refractivity contribution in [2.75, 3.05) is 12.9 Å². The van der Waals surface area contributed by atoms with Crippen LogP contribution >= 0.6 is 11.8 Å². The molecule has 0 aliphatic rings. The smallest absolute Gasteiger partial charge is 0.176 e. The van der Waals surface area contributed by atoms with Crippen molar-refractivity contribution >= 4 is 17.5 Å². The van der Waals surface area contributed by atoms with Gasteiger partial charge in [0, 0.05) is 11.0 Å². The summed E-state index contributed by atoms with van der Waals surface area (Å²) >= 11 is 1.25. The monoisotopic (exact) mass is 294 g/mol. The van der Waals surface area contributed by atoms with Gasteiger partial charge in [-0.25, -0.2) is 8.78 Å². The third kappa shape index (κ3) is 3.36. The van der Waals surface area contributed by atoms with Crippen LogP contribution in [0.5, 0.6) is 5.75 Å². The highest BCUT2D eigenvalue weighted by Gasteiger charge is 2.13. The van der Waals surface area contributed by atoms with Gasteiger partial charge in [0.2, 0.25) is 0 Å². The SMILES string of the molecule is COc1ccccc1SCC(=O)c1ccc(F)cc1F. The first-order valence-electron chi connectivity index (χ1n) is 5.86. The molecular weight excluding hydrogens is 282 g/mol. The number of carbonyl (C=O) groups excluding carboxylic acids is 1. The van der Waals surface area contributed by atoms with E-state index in [2.05, 4.69) is 0 Å². The molecule has 0 fully saturated rings. The van der Waals surface area contributed by atoms with Crippen molar-refractivity contribution in [3.05, 3.63) is 59.7 Å². The van der Waals surface area contributed by atoms with E-state index in [-0.39, 0.29) is 11.3 Å². The van der Waals surface area contributed by atoms with Crippen LogP contribution in [0.15, 0.2) is 47.4 Å². The number of ether oxygens (including phenoxy) is 1. The molecule has 5 heteroatoms. The second-order valence-electron chi connectivity index (χ2n) is 3.99. The van der Waals surface area contributed by atoms with E-state index in [0.29, 0.717) is 11.8 Å². The molecule has 104 valence electrons. The Labute approximate surface area is 119 Å². The molecule has 2 aromatic rings.